The Labute approximate surface area is 246 Å². The number of benzene rings is 1. The Morgan fingerprint density at radius 3 is 2.37 bits per heavy atom. The number of nitriles is 1. The number of rotatable bonds is 6. The van der Waals surface area contributed by atoms with Crippen molar-refractivity contribution in [3.8, 4) is 11.9 Å². The third kappa shape index (κ3) is 6.18. The van der Waals surface area contributed by atoms with E-state index in [9.17, 15) is 5.26 Å². The molecule has 4 aliphatic rings. The first-order valence-electron chi connectivity index (χ1n) is 16.2. The Bertz CT molecular complexity index is 1220. The van der Waals surface area contributed by atoms with Gasteiger partial charge in [-0.3, -0.25) is 0 Å². The minimum Gasteiger partial charge on any atom is -0.473 e. The van der Waals surface area contributed by atoms with E-state index in [1.54, 1.807) is 0 Å². The van der Waals surface area contributed by atoms with Gasteiger partial charge in [-0.05, 0) is 106 Å². The Kier molecular flexibility index (Phi) is 8.40. The van der Waals surface area contributed by atoms with Crippen LogP contribution in [0.5, 0.6) is 5.88 Å². The lowest BCUT2D eigenvalue weighted by atomic mass is 9.77. The van der Waals surface area contributed by atoms with Gasteiger partial charge in [0.2, 0.25) is 5.88 Å². The van der Waals surface area contributed by atoms with Crippen LogP contribution in [0, 0.1) is 36.5 Å². The standard InChI is InChI=1S/C34H48N6O/c1-25-21-34(24-40(25)31-10-9-29(22-35)26(2)27(31)3)15-19-39(20-16-34)32-11-12-33(37-36-32)41-30-13-17-38(18-14-30)23-28-7-5-4-6-8-28/h9-12,25,28,30H,4-8,13-21,23-24H2,1-3H3. The quantitative estimate of drug-likeness (QED) is 0.415. The molecule has 1 aromatic heterocycles. The van der Waals surface area contributed by atoms with Crippen molar-refractivity contribution in [1.29, 1.82) is 5.26 Å². The lowest BCUT2D eigenvalue weighted by Gasteiger charge is -2.40. The van der Waals surface area contributed by atoms with Gasteiger partial charge in [-0.15, -0.1) is 10.2 Å². The summed E-state index contributed by atoms with van der Waals surface area (Å²) in [6.45, 7) is 13.3. The van der Waals surface area contributed by atoms with Gasteiger partial charge in [0.05, 0.1) is 11.6 Å². The Morgan fingerprint density at radius 1 is 0.927 bits per heavy atom. The molecule has 2 aromatic rings. The maximum absolute atomic E-state index is 9.43. The molecule has 220 valence electrons. The zero-order chi connectivity index (χ0) is 28.4. The van der Waals surface area contributed by atoms with Gasteiger partial charge in [0.15, 0.2) is 5.82 Å². The average Bonchev–Trinajstić information content (AvgIpc) is 3.31. The minimum absolute atomic E-state index is 0.253. The molecule has 4 fully saturated rings. The smallest absolute Gasteiger partial charge is 0.233 e. The molecule has 4 heterocycles. The molecule has 1 aromatic carbocycles. The SMILES string of the molecule is Cc1c(C#N)ccc(N2CC3(CCN(c4ccc(OC5CCN(CC6CCCCC6)CC5)nn4)CC3)CC2C)c1C. The fraction of sp³-hybridized carbons (Fsp3) is 0.676. The second kappa shape index (κ2) is 12.2. The predicted octanol–water partition coefficient (Wildman–Crippen LogP) is 6.27. The van der Waals surface area contributed by atoms with Gasteiger partial charge >= 0.3 is 0 Å². The molecule has 0 amide bonds. The highest BCUT2D eigenvalue weighted by molar-refractivity contribution is 5.61. The molecule has 0 radical (unpaired) electrons. The third-order valence-corrected chi connectivity index (χ3v) is 10.8. The molecule has 41 heavy (non-hydrogen) atoms. The lowest BCUT2D eigenvalue weighted by molar-refractivity contribution is 0.0827. The number of piperidine rings is 2. The van der Waals surface area contributed by atoms with Crippen molar-refractivity contribution in [3.05, 3.63) is 41.0 Å². The molecule has 1 spiro atoms. The van der Waals surface area contributed by atoms with Crippen molar-refractivity contribution in [1.82, 2.24) is 15.1 Å². The van der Waals surface area contributed by atoms with E-state index >= 15 is 0 Å². The van der Waals surface area contributed by atoms with E-state index in [-0.39, 0.29) is 6.10 Å². The molecular formula is C34H48N6O. The number of likely N-dealkylation sites (tertiary alicyclic amines) is 1. The summed E-state index contributed by atoms with van der Waals surface area (Å²) in [5.74, 6) is 2.55. The summed E-state index contributed by atoms with van der Waals surface area (Å²) >= 11 is 0. The number of aromatic nitrogens is 2. The van der Waals surface area contributed by atoms with E-state index in [2.05, 4.69) is 63.9 Å². The van der Waals surface area contributed by atoms with Crippen LogP contribution in [-0.4, -0.2) is 66.5 Å². The second-order valence-corrected chi connectivity index (χ2v) is 13.5. The van der Waals surface area contributed by atoms with E-state index in [0.29, 0.717) is 17.3 Å². The van der Waals surface area contributed by atoms with Crippen molar-refractivity contribution in [2.24, 2.45) is 11.3 Å². The number of ether oxygens (including phenoxy) is 1. The predicted molar refractivity (Wildman–Crippen MR) is 165 cm³/mol. The summed E-state index contributed by atoms with van der Waals surface area (Å²) in [6, 6.07) is 11.1. The van der Waals surface area contributed by atoms with Crippen LogP contribution in [0.3, 0.4) is 0 Å². The lowest BCUT2D eigenvalue weighted by Crippen LogP contribution is -2.42. The first kappa shape index (κ1) is 28.3. The third-order valence-electron chi connectivity index (χ3n) is 10.8. The van der Waals surface area contributed by atoms with E-state index in [4.69, 9.17) is 4.74 Å². The molecule has 7 heteroatoms. The highest BCUT2D eigenvalue weighted by Gasteiger charge is 2.44. The van der Waals surface area contributed by atoms with E-state index in [0.717, 1.165) is 68.4 Å². The van der Waals surface area contributed by atoms with Crippen LogP contribution in [0.25, 0.3) is 0 Å². The van der Waals surface area contributed by atoms with Gasteiger partial charge < -0.3 is 19.4 Å². The van der Waals surface area contributed by atoms with Gasteiger partial charge in [-0.25, -0.2) is 0 Å². The molecule has 1 saturated carbocycles. The van der Waals surface area contributed by atoms with Crippen LogP contribution >= 0.6 is 0 Å². The highest BCUT2D eigenvalue weighted by Crippen LogP contribution is 2.46. The van der Waals surface area contributed by atoms with Gasteiger partial charge in [-0.1, -0.05) is 19.3 Å². The maximum atomic E-state index is 9.43. The number of anilines is 2. The fourth-order valence-corrected chi connectivity index (χ4v) is 8.11. The van der Waals surface area contributed by atoms with Crippen LogP contribution in [0.1, 0.15) is 87.8 Å². The summed E-state index contributed by atoms with van der Waals surface area (Å²) < 4.78 is 6.27. The Morgan fingerprint density at radius 2 is 1.68 bits per heavy atom. The maximum Gasteiger partial charge on any atom is 0.233 e. The van der Waals surface area contributed by atoms with Crippen molar-refractivity contribution < 1.29 is 4.74 Å². The van der Waals surface area contributed by atoms with Crippen molar-refractivity contribution in [2.45, 2.75) is 97.1 Å². The van der Waals surface area contributed by atoms with Gasteiger partial charge in [-0.2, -0.15) is 5.26 Å². The highest BCUT2D eigenvalue weighted by atomic mass is 16.5. The summed E-state index contributed by atoms with van der Waals surface area (Å²) in [4.78, 5) is 7.65. The monoisotopic (exact) mass is 556 g/mol. The topological polar surface area (TPSA) is 68.5 Å². The molecule has 0 N–H and O–H groups in total. The summed E-state index contributed by atoms with van der Waals surface area (Å²) in [6.07, 6.45) is 13.1. The van der Waals surface area contributed by atoms with Crippen LogP contribution in [0.2, 0.25) is 0 Å². The van der Waals surface area contributed by atoms with Crippen LogP contribution in [0.15, 0.2) is 24.3 Å². The fourth-order valence-electron chi connectivity index (χ4n) is 8.11. The molecule has 3 aliphatic heterocycles. The van der Waals surface area contributed by atoms with Crippen molar-refractivity contribution in [3.63, 3.8) is 0 Å². The molecule has 6 rings (SSSR count). The van der Waals surface area contributed by atoms with E-state index in [1.165, 1.54) is 69.2 Å². The zero-order valence-corrected chi connectivity index (χ0v) is 25.4. The van der Waals surface area contributed by atoms with Crippen molar-refractivity contribution >= 4 is 11.5 Å². The largest absolute Gasteiger partial charge is 0.473 e. The van der Waals surface area contributed by atoms with Crippen LogP contribution < -0.4 is 14.5 Å². The second-order valence-electron chi connectivity index (χ2n) is 13.5. The summed E-state index contributed by atoms with van der Waals surface area (Å²) in [5.41, 5.74) is 4.78. The van der Waals surface area contributed by atoms with Crippen LogP contribution in [-0.2, 0) is 0 Å². The molecule has 1 aliphatic carbocycles. The first-order valence-corrected chi connectivity index (χ1v) is 16.2. The average molecular weight is 557 g/mol. The van der Waals surface area contributed by atoms with E-state index in [1.807, 2.05) is 12.1 Å². The molecule has 1 unspecified atom stereocenters. The zero-order valence-electron chi connectivity index (χ0n) is 25.4. The molecule has 3 saturated heterocycles. The molecular weight excluding hydrogens is 508 g/mol. The Balaban J connectivity index is 0.987. The number of hydrogen-bond acceptors (Lipinski definition) is 7. The van der Waals surface area contributed by atoms with Gasteiger partial charge in [0.1, 0.15) is 6.10 Å². The summed E-state index contributed by atoms with van der Waals surface area (Å²) in [7, 11) is 0. The van der Waals surface area contributed by atoms with E-state index < -0.39 is 0 Å². The Hall–Kier alpha value is -2.85. The minimum atomic E-state index is 0.253. The molecule has 7 nitrogen and oxygen atoms in total. The number of nitrogens with zero attached hydrogens (tertiary/aromatic N) is 6. The van der Waals surface area contributed by atoms with Crippen LogP contribution in [0.4, 0.5) is 11.5 Å². The number of hydrogen-bond donors (Lipinski definition) is 0. The molecule has 0 bridgehead atoms. The van der Waals surface area contributed by atoms with Crippen molar-refractivity contribution in [2.75, 3.05) is 49.1 Å². The molecule has 1 atom stereocenters. The van der Waals surface area contributed by atoms with Gasteiger partial charge in [0, 0.05) is 57.1 Å². The van der Waals surface area contributed by atoms with Gasteiger partial charge in [0.25, 0.3) is 0 Å². The first-order chi connectivity index (χ1) is 19.9. The normalized spacial score (nSPS) is 24.1. The summed E-state index contributed by atoms with van der Waals surface area (Å²) in [5, 5.41) is 18.5.